The number of nitrogens with one attached hydrogen (secondary N) is 2. The van der Waals surface area contributed by atoms with Crippen molar-refractivity contribution >= 4 is 11.7 Å². The number of rotatable bonds is 7. The molecule has 0 saturated heterocycles. The van der Waals surface area contributed by atoms with Gasteiger partial charge in [-0.3, -0.25) is 0 Å². The van der Waals surface area contributed by atoms with Crippen molar-refractivity contribution in [2.75, 3.05) is 25.6 Å². The van der Waals surface area contributed by atoms with Crippen LogP contribution in [0.4, 0.5) is 10.5 Å². The number of methoxy groups -OCH3 is 1. The van der Waals surface area contributed by atoms with Crippen molar-refractivity contribution in [3.8, 4) is 5.75 Å². The summed E-state index contributed by atoms with van der Waals surface area (Å²) >= 11 is 0. The van der Waals surface area contributed by atoms with Gasteiger partial charge in [0.1, 0.15) is 24.0 Å². The lowest BCUT2D eigenvalue weighted by Crippen LogP contribution is -2.31. The summed E-state index contributed by atoms with van der Waals surface area (Å²) in [5.41, 5.74) is 1.88. The first kappa shape index (κ1) is 17.2. The average molecular weight is 345 g/mol. The highest BCUT2D eigenvalue weighted by Gasteiger charge is 2.19. The number of ether oxygens (including phenoxy) is 2. The monoisotopic (exact) mass is 345 g/mol. The Hall–Kier alpha value is -2.61. The fourth-order valence-corrected chi connectivity index (χ4v) is 2.81. The van der Waals surface area contributed by atoms with E-state index in [1.165, 1.54) is 0 Å². The molecule has 2 N–H and O–H groups in total. The molecule has 1 aliphatic rings. The van der Waals surface area contributed by atoms with Crippen molar-refractivity contribution in [1.82, 2.24) is 20.1 Å². The van der Waals surface area contributed by atoms with Gasteiger partial charge in [-0.2, -0.15) is 0 Å². The number of amides is 2. The molecule has 25 heavy (non-hydrogen) atoms. The van der Waals surface area contributed by atoms with Crippen LogP contribution in [0.1, 0.15) is 18.3 Å². The Kier molecular flexibility index (Phi) is 5.49. The Labute approximate surface area is 146 Å². The highest BCUT2D eigenvalue weighted by molar-refractivity contribution is 5.89. The molecule has 2 heterocycles. The average Bonchev–Trinajstić information content (AvgIpc) is 3.17. The number of nitrogens with zero attached hydrogens (tertiary/aromatic N) is 3. The maximum absolute atomic E-state index is 12.0. The summed E-state index contributed by atoms with van der Waals surface area (Å²) < 4.78 is 12.6. The predicted octanol–water partition coefficient (Wildman–Crippen LogP) is 1.61. The molecular formula is C17H23N5O3. The number of hydrogen-bond donors (Lipinski definition) is 2. The predicted molar refractivity (Wildman–Crippen MR) is 92.9 cm³/mol. The van der Waals surface area contributed by atoms with Crippen LogP contribution < -0.4 is 15.4 Å². The number of anilines is 1. The van der Waals surface area contributed by atoms with Gasteiger partial charge in [0, 0.05) is 38.7 Å². The zero-order chi connectivity index (χ0) is 17.6. The van der Waals surface area contributed by atoms with Crippen molar-refractivity contribution in [3.63, 3.8) is 0 Å². The van der Waals surface area contributed by atoms with Crippen molar-refractivity contribution in [2.45, 2.75) is 32.4 Å². The number of aromatic nitrogens is 3. The third-order valence-corrected chi connectivity index (χ3v) is 4.02. The summed E-state index contributed by atoms with van der Waals surface area (Å²) in [5.74, 6) is 1.72. The van der Waals surface area contributed by atoms with Gasteiger partial charge in [-0.25, -0.2) is 4.79 Å². The summed E-state index contributed by atoms with van der Waals surface area (Å²) in [5, 5.41) is 13.6. The van der Waals surface area contributed by atoms with E-state index in [1.54, 1.807) is 13.4 Å². The van der Waals surface area contributed by atoms with Gasteiger partial charge in [-0.15, -0.1) is 10.2 Å². The lowest BCUT2D eigenvalue weighted by Gasteiger charge is -2.09. The smallest absolute Gasteiger partial charge is 0.319 e. The summed E-state index contributed by atoms with van der Waals surface area (Å²) in [7, 11) is 1.65. The van der Waals surface area contributed by atoms with E-state index < -0.39 is 0 Å². The van der Waals surface area contributed by atoms with Crippen molar-refractivity contribution in [3.05, 3.63) is 35.9 Å². The van der Waals surface area contributed by atoms with Crippen LogP contribution in [-0.2, 0) is 24.1 Å². The molecular weight excluding hydrogens is 322 g/mol. The van der Waals surface area contributed by atoms with E-state index in [0.29, 0.717) is 26.1 Å². The maximum Gasteiger partial charge on any atom is 0.319 e. The molecule has 2 amide bonds. The van der Waals surface area contributed by atoms with Crippen molar-refractivity contribution in [1.29, 1.82) is 0 Å². The molecule has 0 bridgehead atoms. The van der Waals surface area contributed by atoms with Crippen LogP contribution in [0.3, 0.4) is 0 Å². The van der Waals surface area contributed by atoms with E-state index in [4.69, 9.17) is 9.47 Å². The highest BCUT2D eigenvalue weighted by atomic mass is 16.5. The lowest BCUT2D eigenvalue weighted by atomic mass is 10.1. The van der Waals surface area contributed by atoms with E-state index in [-0.39, 0.29) is 12.1 Å². The molecule has 0 radical (unpaired) electrons. The van der Waals surface area contributed by atoms with Gasteiger partial charge in [0.25, 0.3) is 0 Å². The van der Waals surface area contributed by atoms with Crippen molar-refractivity contribution < 1.29 is 14.3 Å². The Bertz CT molecular complexity index is 731. The number of urea groups is 1. The van der Waals surface area contributed by atoms with Gasteiger partial charge >= 0.3 is 6.03 Å². The number of benzene rings is 1. The number of fused-ring (bicyclic) bond motifs is 1. The standard InChI is InChI=1S/C17H23N5O3/c1-12-9-13-10-14(3-4-15(13)25-12)20-17(23)18-6-5-16-21-19-11-22(16)7-8-24-2/h3-4,10-12H,5-9H2,1-2H3,(H2,18,20,23). The molecule has 1 unspecified atom stereocenters. The van der Waals surface area contributed by atoms with Crippen LogP contribution in [-0.4, -0.2) is 47.2 Å². The Balaban J connectivity index is 1.46. The van der Waals surface area contributed by atoms with Gasteiger partial charge < -0.3 is 24.7 Å². The number of carbonyl (C=O) groups excluding carboxylic acids is 1. The second-order valence-electron chi connectivity index (χ2n) is 6.02. The molecule has 1 aromatic heterocycles. The van der Waals surface area contributed by atoms with Crippen molar-refractivity contribution in [2.24, 2.45) is 0 Å². The zero-order valence-corrected chi connectivity index (χ0v) is 14.5. The minimum atomic E-state index is -0.241. The van der Waals surface area contributed by atoms with Crippen LogP contribution in [0.15, 0.2) is 24.5 Å². The van der Waals surface area contributed by atoms with E-state index >= 15 is 0 Å². The van der Waals surface area contributed by atoms with Gasteiger partial charge in [0.15, 0.2) is 0 Å². The summed E-state index contributed by atoms with van der Waals surface area (Å²) in [4.78, 5) is 12.0. The molecule has 1 atom stereocenters. The first-order chi connectivity index (χ1) is 12.2. The summed E-state index contributed by atoms with van der Waals surface area (Å²) in [6.45, 7) is 3.80. The largest absolute Gasteiger partial charge is 0.490 e. The molecule has 8 nitrogen and oxygen atoms in total. The first-order valence-electron chi connectivity index (χ1n) is 8.36. The topological polar surface area (TPSA) is 90.3 Å². The fraction of sp³-hybridized carbons (Fsp3) is 0.471. The molecule has 2 aromatic rings. The lowest BCUT2D eigenvalue weighted by molar-refractivity contribution is 0.186. The van der Waals surface area contributed by atoms with E-state index in [9.17, 15) is 4.79 Å². The Morgan fingerprint density at radius 2 is 2.36 bits per heavy atom. The molecule has 1 aliphatic heterocycles. The molecule has 0 aliphatic carbocycles. The van der Waals surface area contributed by atoms with Gasteiger partial charge in [0.05, 0.1) is 6.61 Å². The summed E-state index contributed by atoms with van der Waals surface area (Å²) in [6.07, 6.45) is 3.33. The number of carbonyl (C=O) groups is 1. The van der Waals surface area contributed by atoms with E-state index in [0.717, 1.165) is 29.2 Å². The third kappa shape index (κ3) is 4.48. The second kappa shape index (κ2) is 7.98. The van der Waals surface area contributed by atoms with Crippen LogP contribution in [0.25, 0.3) is 0 Å². The molecule has 0 fully saturated rings. The normalized spacial score (nSPS) is 15.5. The molecule has 3 rings (SSSR count). The second-order valence-corrected chi connectivity index (χ2v) is 6.02. The third-order valence-electron chi connectivity index (χ3n) is 4.02. The first-order valence-corrected chi connectivity index (χ1v) is 8.36. The molecule has 1 aromatic carbocycles. The number of hydrogen-bond acceptors (Lipinski definition) is 5. The molecule has 134 valence electrons. The minimum Gasteiger partial charge on any atom is -0.490 e. The Morgan fingerprint density at radius 3 is 3.20 bits per heavy atom. The summed E-state index contributed by atoms with van der Waals surface area (Å²) in [6, 6.07) is 5.46. The van der Waals surface area contributed by atoms with Gasteiger partial charge in [0.2, 0.25) is 0 Å². The zero-order valence-electron chi connectivity index (χ0n) is 14.5. The molecule has 0 saturated carbocycles. The van der Waals surface area contributed by atoms with Crippen LogP contribution in [0, 0.1) is 0 Å². The van der Waals surface area contributed by atoms with Gasteiger partial charge in [-0.1, -0.05) is 0 Å². The highest BCUT2D eigenvalue weighted by Crippen LogP contribution is 2.30. The van der Waals surface area contributed by atoms with Crippen LogP contribution in [0.5, 0.6) is 5.75 Å². The van der Waals surface area contributed by atoms with E-state index in [1.807, 2.05) is 29.7 Å². The Morgan fingerprint density at radius 1 is 1.48 bits per heavy atom. The SMILES string of the molecule is COCCn1cnnc1CCNC(=O)Nc1ccc2c(c1)CC(C)O2. The maximum atomic E-state index is 12.0. The van der Waals surface area contributed by atoms with E-state index in [2.05, 4.69) is 20.8 Å². The molecule has 0 spiro atoms. The quantitative estimate of drug-likeness (QED) is 0.796. The molecule has 8 heteroatoms. The fourth-order valence-electron chi connectivity index (χ4n) is 2.81. The van der Waals surface area contributed by atoms with Gasteiger partial charge in [-0.05, 0) is 30.7 Å². The van der Waals surface area contributed by atoms with Crippen LogP contribution >= 0.6 is 0 Å². The minimum absolute atomic E-state index is 0.189. The van der Waals surface area contributed by atoms with Crippen LogP contribution in [0.2, 0.25) is 0 Å².